The predicted octanol–water partition coefficient (Wildman–Crippen LogP) is -0.950. The van der Waals surface area contributed by atoms with Crippen LogP contribution in [0.5, 0.6) is 0 Å². The molecule has 3 atom stereocenters. The molecule has 14 nitrogen and oxygen atoms in total. The SMILES string of the molecule is CC(C)(O/N=C(\C(=O)N[C@@H]1C(=O)N2C(C(=O)[O-])=C(/C=C/[C@@H]3CC[N+](C)(C)O3)CS[C@H]12)c1csc(N)n1)C(=O)O. The van der Waals surface area contributed by atoms with Crippen molar-refractivity contribution >= 4 is 57.7 Å². The van der Waals surface area contributed by atoms with E-state index in [0.717, 1.165) is 29.2 Å². The number of nitrogen functional groups attached to an aromatic ring is 1. The second kappa shape index (κ2) is 10.6. The third-order valence-corrected chi connectivity index (χ3v) is 8.20. The number of carboxylic acid groups (broad SMARTS) is 2. The smallest absolute Gasteiger partial charge is 0.350 e. The second-order valence-electron chi connectivity index (χ2n) is 10.0. The first-order valence-electron chi connectivity index (χ1n) is 11.8. The van der Waals surface area contributed by atoms with Gasteiger partial charge < -0.3 is 30.9 Å². The van der Waals surface area contributed by atoms with Crippen molar-refractivity contribution in [1.29, 1.82) is 0 Å². The predicted molar refractivity (Wildman–Crippen MR) is 139 cm³/mol. The summed E-state index contributed by atoms with van der Waals surface area (Å²) in [5.41, 5.74) is 3.69. The first-order valence-corrected chi connectivity index (χ1v) is 13.7. The maximum absolute atomic E-state index is 13.2. The molecule has 1 aromatic heterocycles. The van der Waals surface area contributed by atoms with Gasteiger partial charge in [-0.3, -0.25) is 14.5 Å². The summed E-state index contributed by atoms with van der Waals surface area (Å²) in [7, 11) is 3.85. The summed E-state index contributed by atoms with van der Waals surface area (Å²) >= 11 is 2.30. The molecule has 4 N–H and O–H groups in total. The van der Waals surface area contributed by atoms with Crippen molar-refractivity contribution in [3.8, 4) is 0 Å². The molecule has 2 fully saturated rings. The van der Waals surface area contributed by atoms with Crippen LogP contribution in [-0.4, -0.2) is 98.6 Å². The molecule has 0 spiro atoms. The van der Waals surface area contributed by atoms with Gasteiger partial charge in [0.25, 0.3) is 11.8 Å². The van der Waals surface area contributed by atoms with Gasteiger partial charge in [0.2, 0.25) is 5.60 Å². The van der Waals surface area contributed by atoms with Crippen LogP contribution < -0.4 is 16.2 Å². The number of amides is 2. The summed E-state index contributed by atoms with van der Waals surface area (Å²) in [6.45, 7) is 3.30. The Hall–Kier alpha value is -3.47. The minimum Gasteiger partial charge on any atom is -0.543 e. The van der Waals surface area contributed by atoms with Crippen molar-refractivity contribution in [2.24, 2.45) is 5.16 Å². The van der Waals surface area contributed by atoms with E-state index in [4.69, 9.17) is 15.4 Å². The molecule has 1 aromatic rings. The number of thioether (sulfide) groups is 1. The molecule has 4 rings (SSSR count). The third kappa shape index (κ3) is 5.93. The number of allylic oxidation sites excluding steroid dienone is 1. The van der Waals surface area contributed by atoms with Crippen LogP contribution in [0.4, 0.5) is 5.13 Å². The lowest BCUT2D eigenvalue weighted by Crippen LogP contribution is -2.71. The van der Waals surface area contributed by atoms with Gasteiger partial charge in [-0.2, -0.15) is 9.48 Å². The number of fused-ring (bicyclic) bond motifs is 1. The van der Waals surface area contributed by atoms with E-state index in [0.29, 0.717) is 10.2 Å². The van der Waals surface area contributed by atoms with Crippen LogP contribution in [0.2, 0.25) is 0 Å². The molecule has 0 saturated carbocycles. The first kappa shape index (κ1) is 28.5. The average molecular weight is 581 g/mol. The van der Waals surface area contributed by atoms with E-state index in [1.165, 1.54) is 31.0 Å². The maximum Gasteiger partial charge on any atom is 0.350 e. The summed E-state index contributed by atoms with van der Waals surface area (Å²) < 4.78 is 0.391. The van der Waals surface area contributed by atoms with Crippen molar-refractivity contribution in [2.45, 2.75) is 43.4 Å². The first-order chi connectivity index (χ1) is 18.2. The Morgan fingerprint density at radius 2 is 2.13 bits per heavy atom. The molecule has 0 aromatic carbocycles. The number of carbonyl (C=O) groups is 4. The van der Waals surface area contributed by atoms with Crippen LogP contribution in [0, 0.1) is 0 Å². The third-order valence-electron chi connectivity index (χ3n) is 6.22. The Bertz CT molecular complexity index is 1300. The number of hydroxylamine groups is 3. The second-order valence-corrected chi connectivity index (χ2v) is 12.0. The Morgan fingerprint density at radius 3 is 2.69 bits per heavy atom. The van der Waals surface area contributed by atoms with Crippen molar-refractivity contribution in [1.82, 2.24) is 15.2 Å². The number of hydrogen-bond donors (Lipinski definition) is 3. The highest BCUT2D eigenvalue weighted by molar-refractivity contribution is 8.00. The van der Waals surface area contributed by atoms with E-state index >= 15 is 0 Å². The van der Waals surface area contributed by atoms with E-state index in [-0.39, 0.29) is 34.1 Å². The molecule has 0 radical (unpaired) electrons. The zero-order chi connectivity index (χ0) is 28.7. The minimum absolute atomic E-state index is 0.0230. The van der Waals surface area contributed by atoms with Gasteiger partial charge in [-0.1, -0.05) is 11.2 Å². The number of β-lactam (4-membered cyclic amide) rings is 1. The number of hydrogen-bond acceptors (Lipinski definition) is 12. The summed E-state index contributed by atoms with van der Waals surface area (Å²) in [5.74, 6) is -4.09. The van der Waals surface area contributed by atoms with Crippen molar-refractivity contribution < 1.29 is 43.7 Å². The lowest BCUT2D eigenvalue weighted by Gasteiger charge is -2.50. The zero-order valence-corrected chi connectivity index (χ0v) is 23.2. The highest BCUT2D eigenvalue weighted by Crippen LogP contribution is 2.40. The van der Waals surface area contributed by atoms with Gasteiger partial charge in [-0.25, -0.2) is 9.78 Å². The summed E-state index contributed by atoms with van der Waals surface area (Å²) in [4.78, 5) is 65.6. The van der Waals surface area contributed by atoms with E-state index in [2.05, 4.69) is 15.5 Å². The number of thiazole rings is 1. The molecule has 3 aliphatic heterocycles. The lowest BCUT2D eigenvalue weighted by molar-refractivity contribution is -1.06. The van der Waals surface area contributed by atoms with Gasteiger partial charge in [0.05, 0.1) is 25.8 Å². The fourth-order valence-electron chi connectivity index (χ4n) is 4.03. The number of aliphatic carboxylic acids is 2. The number of carboxylic acids is 2. The van der Waals surface area contributed by atoms with Crippen LogP contribution >= 0.6 is 23.1 Å². The number of aromatic nitrogens is 1. The molecule has 39 heavy (non-hydrogen) atoms. The van der Waals surface area contributed by atoms with E-state index in [1.54, 1.807) is 12.2 Å². The number of rotatable bonds is 9. The molecule has 4 heterocycles. The molecule has 2 saturated heterocycles. The van der Waals surface area contributed by atoms with Crippen LogP contribution in [0.3, 0.4) is 0 Å². The standard InChI is InChI=1S/C23H28N6O8S2/c1-23(2,21(34)35)37-27-14(13-10-39-22(24)25-13)17(30)26-15-18(31)28-16(20(32)33)11(9-38-19(15)28)5-6-12-7-8-29(3,4)36-12/h5-6,10,12,15,19H,7-9H2,1-4H3,(H4-,24,25,26,30,32,33,34,35)/b6-5+,27-14-/t12-,15-,19-/m1/s1. The van der Waals surface area contributed by atoms with E-state index < -0.39 is 40.8 Å². The molecule has 0 aliphatic carbocycles. The Balaban J connectivity index is 1.52. The van der Waals surface area contributed by atoms with Gasteiger partial charge in [0.1, 0.15) is 29.8 Å². The van der Waals surface area contributed by atoms with Crippen LogP contribution in [0.15, 0.2) is 34.0 Å². The zero-order valence-electron chi connectivity index (χ0n) is 21.6. The summed E-state index contributed by atoms with van der Waals surface area (Å²) in [5, 5.41) is 28.4. The molecule has 0 bridgehead atoms. The van der Waals surface area contributed by atoms with Crippen molar-refractivity contribution in [3.05, 3.63) is 34.5 Å². The molecule has 2 amide bonds. The van der Waals surface area contributed by atoms with Crippen LogP contribution in [0.1, 0.15) is 26.0 Å². The number of anilines is 1. The topological polar surface area (TPSA) is 197 Å². The van der Waals surface area contributed by atoms with Crippen molar-refractivity contribution in [2.75, 3.05) is 32.1 Å². The van der Waals surface area contributed by atoms with Gasteiger partial charge in [0.15, 0.2) is 10.8 Å². The lowest BCUT2D eigenvalue weighted by atomic mass is 10.0. The monoisotopic (exact) mass is 580 g/mol. The molecule has 0 unspecified atom stereocenters. The van der Waals surface area contributed by atoms with Crippen LogP contribution in [-0.2, 0) is 28.9 Å². The number of nitrogens with two attached hydrogens (primary N) is 1. The van der Waals surface area contributed by atoms with Crippen LogP contribution in [0.25, 0.3) is 0 Å². The average Bonchev–Trinajstić information content (AvgIpc) is 3.44. The molecular weight excluding hydrogens is 552 g/mol. The Morgan fingerprint density at radius 1 is 1.41 bits per heavy atom. The number of nitrogens with one attached hydrogen (secondary N) is 1. The van der Waals surface area contributed by atoms with Gasteiger partial charge >= 0.3 is 5.97 Å². The number of quaternary nitrogens is 1. The van der Waals surface area contributed by atoms with Gasteiger partial charge in [-0.15, -0.1) is 23.1 Å². The molecular formula is C23H28N6O8S2. The number of nitrogens with zero attached hydrogens (tertiary/aromatic N) is 4. The minimum atomic E-state index is -1.76. The fraction of sp³-hybridized carbons (Fsp3) is 0.478. The maximum atomic E-state index is 13.2. The highest BCUT2D eigenvalue weighted by atomic mass is 32.2. The Labute approximate surface area is 231 Å². The number of oxime groups is 1. The Kier molecular flexibility index (Phi) is 7.75. The van der Waals surface area contributed by atoms with E-state index in [1.807, 2.05) is 14.1 Å². The normalized spacial score (nSPS) is 24.9. The van der Waals surface area contributed by atoms with Gasteiger partial charge in [0, 0.05) is 17.6 Å². The molecule has 210 valence electrons. The molecule has 3 aliphatic rings. The summed E-state index contributed by atoms with van der Waals surface area (Å²) in [6.07, 6.45) is 3.99. The quantitative estimate of drug-likeness (QED) is 0.141. The molecule has 16 heteroatoms. The van der Waals surface area contributed by atoms with E-state index in [9.17, 15) is 29.4 Å². The van der Waals surface area contributed by atoms with Gasteiger partial charge in [-0.05, 0) is 25.5 Å². The fourth-order valence-corrected chi connectivity index (χ4v) is 5.90. The van der Waals surface area contributed by atoms with Crippen molar-refractivity contribution in [3.63, 3.8) is 0 Å². The summed E-state index contributed by atoms with van der Waals surface area (Å²) in [6, 6.07) is -1.08. The number of carbonyl (C=O) groups excluding carboxylic acids is 3. The largest absolute Gasteiger partial charge is 0.543 e. The highest BCUT2D eigenvalue weighted by Gasteiger charge is 2.53.